The lowest BCUT2D eigenvalue weighted by molar-refractivity contribution is -0.175. The minimum absolute atomic E-state index is 0.116. The Labute approximate surface area is 192 Å². The van der Waals surface area contributed by atoms with Gasteiger partial charge in [-0.05, 0) is 51.9 Å². The van der Waals surface area contributed by atoms with Gasteiger partial charge in [-0.1, -0.05) is 12.1 Å². The zero-order valence-electron chi connectivity index (χ0n) is 19.0. The van der Waals surface area contributed by atoms with E-state index in [-0.39, 0.29) is 12.6 Å². The van der Waals surface area contributed by atoms with Crippen LogP contribution < -0.4 is 10.5 Å². The summed E-state index contributed by atoms with van der Waals surface area (Å²) in [5, 5.41) is 22.1. The third-order valence-electron chi connectivity index (χ3n) is 7.84. The number of benzene rings is 1. The molecule has 1 aromatic rings. The number of aliphatic hydroxyl groups is 2. The second-order valence-corrected chi connectivity index (χ2v) is 9.69. The van der Waals surface area contributed by atoms with Crippen LogP contribution in [0, 0.1) is 0 Å². The van der Waals surface area contributed by atoms with Gasteiger partial charge in [0, 0.05) is 23.6 Å². The van der Waals surface area contributed by atoms with Crippen molar-refractivity contribution in [1.82, 2.24) is 4.90 Å². The number of esters is 2. The maximum absolute atomic E-state index is 12.8. The molecule has 6 atom stereocenters. The first-order chi connectivity index (χ1) is 15.6. The topological polar surface area (TPSA) is 132 Å². The molecule has 1 saturated heterocycles. The third-order valence-corrected chi connectivity index (χ3v) is 7.84. The molecule has 1 spiro atoms. The fourth-order valence-corrected chi connectivity index (χ4v) is 6.16. The molecule has 1 aromatic carbocycles. The van der Waals surface area contributed by atoms with Crippen LogP contribution in [0.15, 0.2) is 24.0 Å². The van der Waals surface area contributed by atoms with Crippen LogP contribution in [0.4, 0.5) is 0 Å². The van der Waals surface area contributed by atoms with Crippen LogP contribution >= 0.6 is 0 Å². The minimum atomic E-state index is -1.15. The molecule has 33 heavy (non-hydrogen) atoms. The number of carbonyl (C=O) groups excluding carboxylic acids is 2. The Balaban J connectivity index is 1.54. The molecule has 2 heterocycles. The minimum Gasteiger partial charge on any atom is -0.481 e. The van der Waals surface area contributed by atoms with Crippen molar-refractivity contribution in [2.45, 2.75) is 75.0 Å². The highest BCUT2D eigenvalue weighted by atomic mass is 16.6. The van der Waals surface area contributed by atoms with Gasteiger partial charge in [-0.3, -0.25) is 4.79 Å². The van der Waals surface area contributed by atoms with E-state index in [1.807, 2.05) is 19.2 Å². The van der Waals surface area contributed by atoms with Gasteiger partial charge < -0.3 is 35.1 Å². The zero-order valence-corrected chi connectivity index (χ0v) is 19.0. The van der Waals surface area contributed by atoms with Crippen LogP contribution in [0.1, 0.15) is 43.4 Å². The second-order valence-electron chi connectivity index (χ2n) is 9.69. The van der Waals surface area contributed by atoms with E-state index < -0.39 is 41.2 Å². The average molecular weight is 459 g/mol. The van der Waals surface area contributed by atoms with Gasteiger partial charge in [0.25, 0.3) is 0 Å². The Morgan fingerprint density at radius 2 is 2.09 bits per heavy atom. The summed E-state index contributed by atoms with van der Waals surface area (Å²) < 4.78 is 17.2. The number of aliphatic hydroxyl groups excluding tert-OH is 1. The number of piperidine rings is 1. The van der Waals surface area contributed by atoms with Crippen LogP contribution in [-0.2, 0) is 37.5 Å². The maximum atomic E-state index is 12.8. The van der Waals surface area contributed by atoms with Crippen molar-refractivity contribution in [2.24, 2.45) is 5.73 Å². The Kier molecular flexibility index (Phi) is 5.09. The van der Waals surface area contributed by atoms with Crippen molar-refractivity contribution in [1.29, 1.82) is 0 Å². The molecule has 4 N–H and O–H groups in total. The van der Waals surface area contributed by atoms with Crippen molar-refractivity contribution in [3.05, 3.63) is 40.7 Å². The molecule has 2 bridgehead atoms. The Morgan fingerprint density at radius 3 is 2.79 bits per heavy atom. The van der Waals surface area contributed by atoms with Crippen LogP contribution in [-0.4, -0.2) is 70.5 Å². The Hall–Kier alpha value is -2.46. The second kappa shape index (κ2) is 7.53. The van der Waals surface area contributed by atoms with E-state index in [0.717, 1.165) is 17.7 Å². The fourth-order valence-electron chi connectivity index (χ4n) is 6.16. The molecule has 4 aliphatic rings. The molecule has 2 unspecified atom stereocenters. The molecule has 1 fully saturated rings. The molecule has 0 amide bonds. The van der Waals surface area contributed by atoms with Gasteiger partial charge >= 0.3 is 11.9 Å². The lowest BCUT2D eigenvalue weighted by Crippen LogP contribution is -2.74. The molecule has 0 aromatic heterocycles. The van der Waals surface area contributed by atoms with E-state index in [9.17, 15) is 19.8 Å². The fraction of sp³-hybridized carbons (Fsp3) is 0.583. The number of nitrogens with zero attached hydrogens (tertiary/aromatic N) is 1. The number of nitrogens with two attached hydrogens (primary N) is 1. The number of hydrogen-bond donors (Lipinski definition) is 3. The maximum Gasteiger partial charge on any atom is 0.352 e. The first-order valence-electron chi connectivity index (χ1n) is 11.4. The summed E-state index contributed by atoms with van der Waals surface area (Å²) in [6, 6.07) is 2.88. The van der Waals surface area contributed by atoms with Crippen LogP contribution in [0.25, 0.3) is 0 Å². The molecular formula is C24H30N2O7. The standard InChI is InChI=1S/C24H30N2O7/c1-12(25)21(28)31-13(2)22(29)32-16-6-7-24(30)17-10-14-4-5-15(11-27)19-18(14)23(24,20(16)33-19)8-9-26(17)3/h4-6,12-13,17,20,27,30H,7-11,25H2,1-3H3/t12-,13-,17+,20?,23?,24+/m0/s1. The van der Waals surface area contributed by atoms with Gasteiger partial charge in [-0.25, -0.2) is 4.79 Å². The largest absolute Gasteiger partial charge is 0.481 e. The summed E-state index contributed by atoms with van der Waals surface area (Å²) in [6.07, 6.45) is 1.41. The molecule has 0 radical (unpaired) electrons. The molecule has 2 aliphatic heterocycles. The number of rotatable bonds is 5. The van der Waals surface area contributed by atoms with Crippen molar-refractivity contribution in [3.63, 3.8) is 0 Å². The first kappa shape index (κ1) is 22.3. The molecule has 9 nitrogen and oxygen atoms in total. The van der Waals surface area contributed by atoms with Gasteiger partial charge in [-0.15, -0.1) is 0 Å². The van der Waals surface area contributed by atoms with E-state index in [4.69, 9.17) is 19.9 Å². The van der Waals surface area contributed by atoms with Crippen molar-refractivity contribution in [3.8, 4) is 5.75 Å². The molecule has 0 saturated carbocycles. The van der Waals surface area contributed by atoms with Crippen molar-refractivity contribution >= 4 is 11.9 Å². The number of ether oxygens (including phenoxy) is 3. The number of likely N-dealkylation sites (N-methyl/N-ethyl adjacent to an activating group) is 1. The summed E-state index contributed by atoms with van der Waals surface area (Å²) in [6.45, 7) is 3.46. The average Bonchev–Trinajstić information content (AvgIpc) is 3.13. The van der Waals surface area contributed by atoms with Crippen LogP contribution in [0.2, 0.25) is 0 Å². The summed E-state index contributed by atoms with van der Waals surface area (Å²) in [5.74, 6) is -0.567. The van der Waals surface area contributed by atoms with Gasteiger partial charge in [0.05, 0.1) is 17.6 Å². The molecule has 2 aliphatic carbocycles. The molecule has 178 valence electrons. The van der Waals surface area contributed by atoms with Crippen LogP contribution in [0.3, 0.4) is 0 Å². The smallest absolute Gasteiger partial charge is 0.352 e. The molecular weight excluding hydrogens is 428 g/mol. The summed E-state index contributed by atoms with van der Waals surface area (Å²) in [5.41, 5.74) is 6.25. The summed E-state index contributed by atoms with van der Waals surface area (Å²) in [4.78, 5) is 26.8. The third kappa shape index (κ3) is 2.92. The van der Waals surface area contributed by atoms with Crippen molar-refractivity contribution < 1.29 is 34.0 Å². The van der Waals surface area contributed by atoms with Crippen LogP contribution in [0.5, 0.6) is 5.75 Å². The van der Waals surface area contributed by atoms with Gasteiger partial charge in [0.15, 0.2) is 12.2 Å². The monoisotopic (exact) mass is 458 g/mol. The Morgan fingerprint density at radius 1 is 1.33 bits per heavy atom. The lowest BCUT2D eigenvalue weighted by atomic mass is 9.50. The quantitative estimate of drug-likeness (QED) is 0.532. The number of likely N-dealkylation sites (tertiary alicyclic amines) is 1. The lowest BCUT2D eigenvalue weighted by Gasteiger charge is -2.61. The van der Waals surface area contributed by atoms with E-state index in [1.54, 1.807) is 6.08 Å². The molecule has 9 heteroatoms. The van der Waals surface area contributed by atoms with Crippen molar-refractivity contribution in [2.75, 3.05) is 13.6 Å². The normalized spacial score (nSPS) is 33.3. The summed E-state index contributed by atoms with van der Waals surface area (Å²) in [7, 11) is 2.02. The van der Waals surface area contributed by atoms with E-state index in [2.05, 4.69) is 4.90 Å². The van der Waals surface area contributed by atoms with Gasteiger partial charge in [0.1, 0.15) is 17.6 Å². The zero-order chi connectivity index (χ0) is 23.7. The van der Waals surface area contributed by atoms with E-state index in [1.165, 1.54) is 13.8 Å². The molecule has 5 rings (SSSR count). The Bertz CT molecular complexity index is 1050. The highest BCUT2D eigenvalue weighted by molar-refractivity contribution is 5.82. The van der Waals surface area contributed by atoms with E-state index >= 15 is 0 Å². The highest BCUT2D eigenvalue weighted by Gasteiger charge is 2.71. The number of carbonyl (C=O) groups is 2. The number of hydrogen-bond acceptors (Lipinski definition) is 9. The predicted molar refractivity (Wildman–Crippen MR) is 116 cm³/mol. The van der Waals surface area contributed by atoms with E-state index in [0.29, 0.717) is 36.3 Å². The highest BCUT2D eigenvalue weighted by Crippen LogP contribution is 2.64. The SMILES string of the molecule is C[C@H](N)C(=O)O[C@@H](C)C(=O)OC1=CC[C@@]2(O)[C@H]3Cc4ccc(CO)c5c4C2(CCN3C)C1O5. The first-order valence-corrected chi connectivity index (χ1v) is 11.4. The summed E-state index contributed by atoms with van der Waals surface area (Å²) >= 11 is 0. The van der Waals surface area contributed by atoms with Gasteiger partial charge in [0.2, 0.25) is 0 Å². The van der Waals surface area contributed by atoms with Gasteiger partial charge in [-0.2, -0.15) is 0 Å². The predicted octanol–water partition coefficient (Wildman–Crippen LogP) is 0.279.